The van der Waals surface area contributed by atoms with E-state index in [-0.39, 0.29) is 12.4 Å². The lowest BCUT2D eigenvalue weighted by molar-refractivity contribution is -0.141. The van der Waals surface area contributed by atoms with Crippen molar-refractivity contribution in [1.82, 2.24) is 0 Å². The minimum absolute atomic E-state index is 0.114. The molecule has 0 radical (unpaired) electrons. The van der Waals surface area contributed by atoms with Crippen molar-refractivity contribution in [3.8, 4) is 5.75 Å². The number of methoxy groups -OCH3 is 2. The Balaban J connectivity index is 2.96. The molecule has 0 heterocycles. The normalized spacial score (nSPS) is 10.7. The van der Waals surface area contributed by atoms with Gasteiger partial charge in [-0.25, -0.2) is 9.59 Å². The van der Waals surface area contributed by atoms with Gasteiger partial charge in [-0.2, -0.15) is 0 Å². The zero-order valence-electron chi connectivity index (χ0n) is 12.0. The van der Waals surface area contributed by atoms with Crippen LogP contribution in [-0.2, 0) is 19.0 Å². The fraction of sp³-hybridized carbons (Fsp3) is 0.286. The zero-order valence-corrected chi connectivity index (χ0v) is 12.8. The summed E-state index contributed by atoms with van der Waals surface area (Å²) in [5.74, 6) is -0.446. The van der Waals surface area contributed by atoms with E-state index in [0.717, 1.165) is 18.0 Å². The lowest BCUT2D eigenvalue weighted by Crippen LogP contribution is -2.13. The molecule has 114 valence electrons. The summed E-state index contributed by atoms with van der Waals surface area (Å²) in [5, 5.41) is -0.487. The Morgan fingerprint density at radius 1 is 1.24 bits per heavy atom. The summed E-state index contributed by atoms with van der Waals surface area (Å²) in [6, 6.07) is 6.74. The zero-order chi connectivity index (χ0) is 15.7. The summed E-state index contributed by atoms with van der Waals surface area (Å²) in [6.45, 7) is 1.89. The molecular weight excluding hydrogens is 296 g/mol. The van der Waals surface area contributed by atoms with E-state index in [1.165, 1.54) is 14.2 Å². The van der Waals surface area contributed by atoms with E-state index in [9.17, 15) is 9.59 Å². The molecule has 0 unspecified atom stereocenters. The third-order valence-corrected chi connectivity index (χ3v) is 3.02. The number of thioether (sulfide) groups is 1. The molecule has 0 bridgehead atoms. The number of carbonyl (C=O) groups is 2. The van der Waals surface area contributed by atoms with Gasteiger partial charge in [0.05, 0.1) is 25.7 Å². The first-order valence-corrected chi connectivity index (χ1v) is 6.86. The summed E-state index contributed by atoms with van der Waals surface area (Å²) in [6.07, 6.45) is 1.14. The monoisotopic (exact) mass is 312 g/mol. The van der Waals surface area contributed by atoms with E-state index >= 15 is 0 Å². The predicted molar refractivity (Wildman–Crippen MR) is 77.1 cm³/mol. The van der Waals surface area contributed by atoms with Crippen LogP contribution >= 0.6 is 11.8 Å². The van der Waals surface area contributed by atoms with Crippen LogP contribution in [0.1, 0.15) is 6.92 Å². The summed E-state index contributed by atoms with van der Waals surface area (Å²) >= 11 is 0.849. The molecule has 0 aliphatic rings. The van der Waals surface area contributed by atoms with Crippen LogP contribution in [0, 0.1) is 0 Å². The lowest BCUT2D eigenvalue weighted by Gasteiger charge is -2.11. The number of hydrogen-bond donors (Lipinski definition) is 0. The Morgan fingerprint density at radius 2 is 1.95 bits per heavy atom. The quantitative estimate of drug-likeness (QED) is 0.346. The van der Waals surface area contributed by atoms with Crippen LogP contribution in [0.3, 0.4) is 0 Å². The molecule has 21 heavy (non-hydrogen) atoms. The van der Waals surface area contributed by atoms with Crippen LogP contribution in [0.5, 0.6) is 5.75 Å². The van der Waals surface area contributed by atoms with Crippen molar-refractivity contribution in [2.45, 2.75) is 11.8 Å². The first-order valence-electron chi connectivity index (χ1n) is 6.05. The second-order valence-electron chi connectivity index (χ2n) is 3.54. The number of carbonyl (C=O) groups excluding carboxylic acids is 2. The van der Waals surface area contributed by atoms with Crippen molar-refractivity contribution >= 4 is 23.0 Å². The number of benzene rings is 1. The SMILES string of the molecule is CCOC(=O)C(=COC)Oc1ccccc1SC(=O)OC. The molecule has 0 fully saturated rings. The topological polar surface area (TPSA) is 71.1 Å². The molecule has 7 heteroatoms. The number of rotatable bonds is 6. The molecule has 0 aromatic heterocycles. The molecule has 0 saturated carbocycles. The van der Waals surface area contributed by atoms with Crippen molar-refractivity contribution in [3.05, 3.63) is 36.3 Å². The molecule has 0 aliphatic carbocycles. The molecule has 6 nitrogen and oxygen atoms in total. The van der Waals surface area contributed by atoms with Crippen LogP contribution in [0.15, 0.2) is 41.2 Å². The number of para-hydroxylation sites is 1. The molecule has 0 saturated heterocycles. The number of esters is 1. The Morgan fingerprint density at radius 3 is 2.57 bits per heavy atom. The number of hydrogen-bond acceptors (Lipinski definition) is 7. The van der Waals surface area contributed by atoms with Gasteiger partial charge >= 0.3 is 11.3 Å². The minimum Gasteiger partial charge on any atom is -0.500 e. The maximum atomic E-state index is 11.7. The molecule has 0 atom stereocenters. The molecule has 1 rings (SSSR count). The first-order chi connectivity index (χ1) is 10.1. The highest BCUT2D eigenvalue weighted by molar-refractivity contribution is 8.13. The Kier molecular flexibility index (Phi) is 7.17. The van der Waals surface area contributed by atoms with Gasteiger partial charge in [0.25, 0.3) is 0 Å². The van der Waals surface area contributed by atoms with Crippen LogP contribution in [0.2, 0.25) is 0 Å². The summed E-state index contributed by atoms with van der Waals surface area (Å²) in [4.78, 5) is 23.6. The van der Waals surface area contributed by atoms with Gasteiger partial charge in [0.2, 0.25) is 5.76 Å². The van der Waals surface area contributed by atoms with Crippen LogP contribution in [0.4, 0.5) is 4.79 Å². The predicted octanol–water partition coefficient (Wildman–Crippen LogP) is 2.97. The molecule has 0 aliphatic heterocycles. The Hall–Kier alpha value is -2.15. The molecule has 1 aromatic rings. The molecule has 0 amide bonds. The van der Waals surface area contributed by atoms with E-state index in [1.807, 2.05) is 0 Å². The first kappa shape index (κ1) is 16.9. The van der Waals surface area contributed by atoms with E-state index < -0.39 is 11.3 Å². The maximum Gasteiger partial charge on any atom is 0.377 e. The van der Waals surface area contributed by atoms with Gasteiger partial charge in [-0.3, -0.25) is 0 Å². The van der Waals surface area contributed by atoms with E-state index in [4.69, 9.17) is 14.2 Å². The molecule has 0 N–H and O–H groups in total. The fourth-order valence-corrected chi connectivity index (χ4v) is 1.91. The molecule has 0 spiro atoms. The van der Waals surface area contributed by atoms with Crippen molar-refractivity contribution < 1.29 is 28.5 Å². The van der Waals surface area contributed by atoms with E-state index in [2.05, 4.69) is 4.74 Å². The van der Waals surface area contributed by atoms with Gasteiger partial charge in [-0.1, -0.05) is 12.1 Å². The smallest absolute Gasteiger partial charge is 0.377 e. The highest BCUT2D eigenvalue weighted by atomic mass is 32.2. The van der Waals surface area contributed by atoms with E-state index in [0.29, 0.717) is 10.6 Å². The van der Waals surface area contributed by atoms with Gasteiger partial charge in [0.15, 0.2) is 0 Å². The largest absolute Gasteiger partial charge is 0.500 e. The van der Waals surface area contributed by atoms with Gasteiger partial charge in [-0.05, 0) is 30.8 Å². The van der Waals surface area contributed by atoms with Gasteiger partial charge in [0, 0.05) is 0 Å². The maximum absolute atomic E-state index is 11.7. The average Bonchev–Trinajstić information content (AvgIpc) is 2.48. The van der Waals surface area contributed by atoms with Crippen molar-refractivity contribution in [3.63, 3.8) is 0 Å². The summed E-state index contributed by atoms with van der Waals surface area (Å²) in [7, 11) is 2.67. The van der Waals surface area contributed by atoms with Crippen LogP contribution in [0.25, 0.3) is 0 Å². The average molecular weight is 312 g/mol. The standard InChI is InChI=1S/C14H16O6S/c1-4-19-13(15)11(9-17-2)20-10-7-5-6-8-12(10)21-14(16)18-3/h5-9H,4H2,1-3H3. The number of ether oxygens (including phenoxy) is 4. The van der Waals surface area contributed by atoms with Gasteiger partial charge < -0.3 is 18.9 Å². The summed E-state index contributed by atoms with van der Waals surface area (Å²) in [5.41, 5.74) is 0. The fourth-order valence-electron chi connectivity index (χ4n) is 1.29. The minimum atomic E-state index is -0.655. The second-order valence-corrected chi connectivity index (χ2v) is 4.52. The Labute approximate surface area is 127 Å². The third kappa shape index (κ3) is 5.39. The Bertz CT molecular complexity index is 526. The van der Waals surface area contributed by atoms with Crippen molar-refractivity contribution in [2.24, 2.45) is 0 Å². The van der Waals surface area contributed by atoms with Crippen molar-refractivity contribution in [2.75, 3.05) is 20.8 Å². The van der Waals surface area contributed by atoms with Crippen molar-refractivity contribution in [1.29, 1.82) is 0 Å². The third-order valence-electron chi connectivity index (χ3n) is 2.13. The highest BCUT2D eigenvalue weighted by Gasteiger charge is 2.17. The molecular formula is C14H16O6S. The summed E-state index contributed by atoms with van der Waals surface area (Å²) < 4.78 is 19.7. The second kappa shape index (κ2) is 8.91. The van der Waals surface area contributed by atoms with Gasteiger partial charge in [-0.15, -0.1) is 0 Å². The van der Waals surface area contributed by atoms with Gasteiger partial charge in [0.1, 0.15) is 12.0 Å². The highest BCUT2D eigenvalue weighted by Crippen LogP contribution is 2.31. The lowest BCUT2D eigenvalue weighted by atomic mass is 10.3. The van der Waals surface area contributed by atoms with Crippen LogP contribution in [-0.4, -0.2) is 32.1 Å². The van der Waals surface area contributed by atoms with Crippen LogP contribution < -0.4 is 4.74 Å². The molecule has 1 aromatic carbocycles. The van der Waals surface area contributed by atoms with E-state index in [1.54, 1.807) is 31.2 Å².